The second-order valence-electron chi connectivity index (χ2n) is 4.08. The third-order valence-corrected chi connectivity index (χ3v) is 5.95. The van der Waals surface area contributed by atoms with Gasteiger partial charge in [0.2, 0.25) is 0 Å². The predicted octanol–water partition coefficient (Wildman–Crippen LogP) is -0.884. The van der Waals surface area contributed by atoms with Crippen LogP contribution in [0.15, 0.2) is 0 Å². The zero-order chi connectivity index (χ0) is 10.3. The first kappa shape index (κ1) is 10.7. The van der Waals surface area contributed by atoms with Gasteiger partial charge in [0.1, 0.15) is 0 Å². The van der Waals surface area contributed by atoms with Crippen molar-refractivity contribution in [1.82, 2.24) is 0 Å². The van der Waals surface area contributed by atoms with Gasteiger partial charge in [-0.25, -0.2) is 8.42 Å². The molecule has 6 heteroatoms. The lowest BCUT2D eigenvalue weighted by Crippen LogP contribution is -2.33. The van der Waals surface area contributed by atoms with Crippen LogP contribution in [0.3, 0.4) is 0 Å². The van der Waals surface area contributed by atoms with E-state index in [-0.39, 0.29) is 23.3 Å². The van der Waals surface area contributed by atoms with E-state index < -0.39 is 22.0 Å². The van der Waals surface area contributed by atoms with Crippen molar-refractivity contribution in [3.8, 4) is 0 Å². The Labute approximate surface area is 87.6 Å². The molecule has 0 aromatic rings. The van der Waals surface area contributed by atoms with E-state index in [9.17, 15) is 18.6 Å². The van der Waals surface area contributed by atoms with Gasteiger partial charge in [0.25, 0.3) is 0 Å². The average Bonchev–Trinajstić information content (AvgIpc) is 2.55. The number of hydrogen-bond donors (Lipinski definition) is 2. The van der Waals surface area contributed by atoms with Crippen molar-refractivity contribution < 1.29 is 18.6 Å². The summed E-state index contributed by atoms with van der Waals surface area (Å²) >= 11 is 1.62. The molecule has 4 atom stereocenters. The number of sulfone groups is 1. The summed E-state index contributed by atoms with van der Waals surface area (Å²) < 4.78 is 22.5. The minimum atomic E-state index is -3.08. The first-order chi connectivity index (χ1) is 6.49. The number of aliphatic hydroxyl groups excluding tert-OH is 2. The van der Waals surface area contributed by atoms with Crippen LogP contribution in [0.5, 0.6) is 0 Å². The number of rotatable bonds is 1. The van der Waals surface area contributed by atoms with E-state index in [1.54, 1.807) is 11.8 Å². The SMILES string of the molecule is O=S1(=O)CC(O)C(C2CSCC2O)C1. The second-order valence-corrected chi connectivity index (χ2v) is 7.31. The first-order valence-electron chi connectivity index (χ1n) is 4.64. The fourth-order valence-electron chi connectivity index (χ4n) is 2.23. The Bertz CT molecular complexity index is 313. The fourth-order valence-corrected chi connectivity index (χ4v) is 5.56. The zero-order valence-corrected chi connectivity index (χ0v) is 9.30. The molecule has 2 fully saturated rings. The number of aliphatic hydroxyl groups is 2. The van der Waals surface area contributed by atoms with Gasteiger partial charge in [0.15, 0.2) is 9.84 Å². The number of hydrogen-bond acceptors (Lipinski definition) is 5. The minimum absolute atomic E-state index is 0.0381. The van der Waals surface area contributed by atoms with Crippen molar-refractivity contribution in [3.63, 3.8) is 0 Å². The van der Waals surface area contributed by atoms with Crippen molar-refractivity contribution in [2.75, 3.05) is 23.0 Å². The molecule has 0 radical (unpaired) electrons. The van der Waals surface area contributed by atoms with Gasteiger partial charge >= 0.3 is 0 Å². The Balaban J connectivity index is 2.12. The van der Waals surface area contributed by atoms with Gasteiger partial charge in [0, 0.05) is 17.6 Å². The van der Waals surface area contributed by atoms with Crippen LogP contribution < -0.4 is 0 Å². The van der Waals surface area contributed by atoms with Crippen LogP contribution >= 0.6 is 11.8 Å². The summed E-state index contributed by atoms with van der Waals surface area (Å²) in [5, 5.41) is 19.2. The molecule has 0 spiro atoms. The van der Waals surface area contributed by atoms with Gasteiger partial charge < -0.3 is 10.2 Å². The molecule has 2 saturated heterocycles. The molecule has 4 nitrogen and oxygen atoms in total. The molecular formula is C8H14O4S2. The molecule has 0 amide bonds. The molecular weight excluding hydrogens is 224 g/mol. The van der Waals surface area contributed by atoms with E-state index in [0.717, 1.165) is 5.75 Å². The third-order valence-electron chi connectivity index (χ3n) is 3.01. The highest BCUT2D eigenvalue weighted by atomic mass is 32.2. The van der Waals surface area contributed by atoms with Gasteiger partial charge in [-0.1, -0.05) is 0 Å². The number of thioether (sulfide) groups is 1. The minimum Gasteiger partial charge on any atom is -0.392 e. The van der Waals surface area contributed by atoms with Crippen LogP contribution in [-0.4, -0.2) is 53.9 Å². The highest BCUT2D eigenvalue weighted by Crippen LogP contribution is 2.36. The molecule has 14 heavy (non-hydrogen) atoms. The molecule has 0 aliphatic carbocycles. The van der Waals surface area contributed by atoms with Crippen LogP contribution in [0.1, 0.15) is 0 Å². The van der Waals surface area contributed by atoms with Crippen molar-refractivity contribution >= 4 is 21.6 Å². The summed E-state index contributed by atoms with van der Waals surface area (Å²) in [6.07, 6.45) is -1.23. The average molecular weight is 238 g/mol. The zero-order valence-electron chi connectivity index (χ0n) is 7.67. The molecule has 0 saturated carbocycles. The van der Waals surface area contributed by atoms with E-state index >= 15 is 0 Å². The summed E-state index contributed by atoms with van der Waals surface area (Å²) in [6.45, 7) is 0. The van der Waals surface area contributed by atoms with E-state index in [2.05, 4.69) is 0 Å². The molecule has 0 aromatic carbocycles. The highest BCUT2D eigenvalue weighted by Gasteiger charge is 2.44. The van der Waals surface area contributed by atoms with E-state index in [1.165, 1.54) is 0 Å². The first-order valence-corrected chi connectivity index (χ1v) is 7.61. The maximum atomic E-state index is 11.3. The van der Waals surface area contributed by atoms with E-state index in [4.69, 9.17) is 0 Å². The van der Waals surface area contributed by atoms with Crippen molar-refractivity contribution in [2.45, 2.75) is 12.2 Å². The van der Waals surface area contributed by atoms with Gasteiger partial charge in [0.05, 0.1) is 23.7 Å². The lowest BCUT2D eigenvalue weighted by Gasteiger charge is -2.22. The van der Waals surface area contributed by atoms with Crippen LogP contribution in [0, 0.1) is 11.8 Å². The maximum absolute atomic E-state index is 11.3. The molecule has 4 unspecified atom stereocenters. The maximum Gasteiger partial charge on any atom is 0.153 e. The van der Waals surface area contributed by atoms with Gasteiger partial charge in [-0.3, -0.25) is 0 Å². The van der Waals surface area contributed by atoms with Crippen molar-refractivity contribution in [3.05, 3.63) is 0 Å². The third kappa shape index (κ3) is 1.93. The lowest BCUT2D eigenvalue weighted by molar-refractivity contribution is 0.0588. The normalized spacial score (nSPS) is 47.0. The fraction of sp³-hybridized carbons (Fsp3) is 1.00. The molecule has 0 aromatic heterocycles. The molecule has 2 rings (SSSR count). The van der Waals surface area contributed by atoms with Crippen molar-refractivity contribution in [1.29, 1.82) is 0 Å². The van der Waals surface area contributed by atoms with E-state index in [1.807, 2.05) is 0 Å². The topological polar surface area (TPSA) is 74.6 Å². The molecule has 2 aliphatic rings. The monoisotopic (exact) mass is 238 g/mol. The Hall–Kier alpha value is 0.220. The van der Waals surface area contributed by atoms with Crippen LogP contribution in [-0.2, 0) is 9.84 Å². The summed E-state index contributed by atoms with van der Waals surface area (Å²) in [6, 6.07) is 0. The molecule has 0 bridgehead atoms. The predicted molar refractivity (Wildman–Crippen MR) is 55.0 cm³/mol. The lowest BCUT2D eigenvalue weighted by atomic mass is 9.88. The summed E-state index contributed by atoms with van der Waals surface area (Å²) in [5.74, 6) is 1.02. The standard InChI is InChI=1S/C8H14O4S2/c9-7-2-13-1-5(7)6-3-14(11,12)4-8(6)10/h5-10H,1-4H2. The van der Waals surface area contributed by atoms with Crippen molar-refractivity contribution in [2.24, 2.45) is 11.8 Å². The summed E-state index contributed by atoms with van der Waals surface area (Å²) in [4.78, 5) is 0. The quantitative estimate of drug-likeness (QED) is 0.620. The Morgan fingerprint density at radius 2 is 1.71 bits per heavy atom. The smallest absolute Gasteiger partial charge is 0.153 e. The summed E-state index contributed by atoms with van der Waals surface area (Å²) in [7, 11) is -3.08. The van der Waals surface area contributed by atoms with Gasteiger partial charge in [-0.15, -0.1) is 0 Å². The Morgan fingerprint density at radius 1 is 1.00 bits per heavy atom. The van der Waals surface area contributed by atoms with Gasteiger partial charge in [-0.05, 0) is 5.75 Å². The van der Waals surface area contributed by atoms with E-state index in [0.29, 0.717) is 5.75 Å². The highest BCUT2D eigenvalue weighted by molar-refractivity contribution is 7.99. The Kier molecular flexibility index (Phi) is 2.81. The second kappa shape index (κ2) is 3.66. The van der Waals surface area contributed by atoms with Crippen LogP contribution in [0.25, 0.3) is 0 Å². The van der Waals surface area contributed by atoms with Gasteiger partial charge in [-0.2, -0.15) is 11.8 Å². The summed E-state index contributed by atoms with van der Waals surface area (Å²) in [5.41, 5.74) is 0. The van der Waals surface area contributed by atoms with Crippen LogP contribution in [0.2, 0.25) is 0 Å². The molecule has 2 aliphatic heterocycles. The molecule has 2 N–H and O–H groups in total. The molecule has 2 heterocycles. The van der Waals surface area contributed by atoms with Crippen LogP contribution in [0.4, 0.5) is 0 Å². The molecule has 82 valence electrons. The largest absolute Gasteiger partial charge is 0.392 e. The Morgan fingerprint density at radius 3 is 2.14 bits per heavy atom.